The van der Waals surface area contributed by atoms with E-state index in [1.54, 1.807) is 0 Å². The SMILES string of the molecule is ClCc1cccnc1[Se]Cc1ccccc1. The van der Waals surface area contributed by atoms with E-state index in [0.29, 0.717) is 20.8 Å². The maximum absolute atomic E-state index is 5.88. The van der Waals surface area contributed by atoms with Crippen LogP contribution in [0.25, 0.3) is 0 Å². The number of hydrogen-bond acceptors (Lipinski definition) is 1. The fourth-order valence-corrected chi connectivity index (χ4v) is 3.78. The Bertz CT molecular complexity index is 445. The maximum atomic E-state index is 5.88. The molecule has 0 aliphatic heterocycles. The van der Waals surface area contributed by atoms with Crippen molar-refractivity contribution < 1.29 is 0 Å². The Labute approximate surface area is 107 Å². The van der Waals surface area contributed by atoms with Crippen molar-refractivity contribution in [1.82, 2.24) is 4.98 Å². The van der Waals surface area contributed by atoms with Gasteiger partial charge in [-0.1, -0.05) is 0 Å². The molecule has 0 radical (unpaired) electrons. The fraction of sp³-hybridized carbons (Fsp3) is 0.154. The quantitative estimate of drug-likeness (QED) is 0.623. The van der Waals surface area contributed by atoms with Crippen LogP contribution in [0.2, 0.25) is 0 Å². The summed E-state index contributed by atoms with van der Waals surface area (Å²) in [6, 6.07) is 14.5. The normalized spacial score (nSPS) is 10.3. The zero-order valence-corrected chi connectivity index (χ0v) is 11.2. The molecule has 0 amide bonds. The molecule has 0 N–H and O–H groups in total. The first-order valence-corrected chi connectivity index (χ1v) is 7.67. The molecule has 0 saturated heterocycles. The number of nitrogens with zero attached hydrogens (tertiary/aromatic N) is 1. The first kappa shape index (κ1) is 11.7. The van der Waals surface area contributed by atoms with Crippen LogP contribution in [-0.4, -0.2) is 19.9 Å². The molecule has 0 atom stereocenters. The summed E-state index contributed by atoms with van der Waals surface area (Å²) in [6.07, 6.45) is 1.85. The number of alkyl halides is 1. The van der Waals surface area contributed by atoms with Crippen LogP contribution in [0.4, 0.5) is 0 Å². The molecular formula is C13H12ClNSe. The van der Waals surface area contributed by atoms with Gasteiger partial charge in [-0.05, 0) is 0 Å². The Morgan fingerprint density at radius 3 is 2.62 bits per heavy atom. The van der Waals surface area contributed by atoms with Crippen LogP contribution < -0.4 is 4.59 Å². The molecule has 0 unspecified atom stereocenters. The number of aromatic nitrogens is 1. The molecule has 0 aliphatic carbocycles. The molecule has 1 aromatic heterocycles. The third kappa shape index (κ3) is 3.08. The second kappa shape index (κ2) is 6.05. The molecule has 0 saturated carbocycles. The predicted octanol–water partition coefficient (Wildman–Crippen LogP) is 2.35. The Hall–Kier alpha value is -0.821. The molecule has 16 heavy (non-hydrogen) atoms. The van der Waals surface area contributed by atoms with Gasteiger partial charge in [-0.25, -0.2) is 0 Å². The fourth-order valence-electron chi connectivity index (χ4n) is 1.38. The third-order valence-corrected chi connectivity index (χ3v) is 4.85. The van der Waals surface area contributed by atoms with Crippen LogP contribution in [0.1, 0.15) is 11.1 Å². The van der Waals surface area contributed by atoms with Crippen molar-refractivity contribution in [2.75, 3.05) is 0 Å². The number of halogens is 1. The van der Waals surface area contributed by atoms with Gasteiger partial charge in [0, 0.05) is 0 Å². The number of pyridine rings is 1. The van der Waals surface area contributed by atoms with E-state index in [0.717, 1.165) is 5.32 Å². The Morgan fingerprint density at radius 1 is 1.06 bits per heavy atom. The molecular weight excluding hydrogens is 285 g/mol. The minimum absolute atomic E-state index is 0.368. The van der Waals surface area contributed by atoms with Crippen LogP contribution in [0.3, 0.4) is 0 Å². The third-order valence-electron chi connectivity index (χ3n) is 2.21. The van der Waals surface area contributed by atoms with Crippen molar-refractivity contribution in [2.24, 2.45) is 0 Å². The molecule has 2 rings (SSSR count). The van der Waals surface area contributed by atoms with Crippen LogP contribution >= 0.6 is 11.6 Å². The van der Waals surface area contributed by atoms with E-state index in [9.17, 15) is 0 Å². The van der Waals surface area contributed by atoms with E-state index in [1.165, 1.54) is 15.7 Å². The Balaban J connectivity index is 2.05. The summed E-state index contributed by atoms with van der Waals surface area (Å²) in [7, 11) is 0. The van der Waals surface area contributed by atoms with Gasteiger partial charge in [0.2, 0.25) is 0 Å². The number of benzene rings is 1. The van der Waals surface area contributed by atoms with Gasteiger partial charge in [-0.15, -0.1) is 0 Å². The average molecular weight is 297 g/mol. The summed E-state index contributed by atoms with van der Waals surface area (Å²) in [5.74, 6) is 0.555. The second-order valence-corrected chi connectivity index (χ2v) is 5.67. The molecule has 0 bridgehead atoms. The van der Waals surface area contributed by atoms with Gasteiger partial charge in [-0.2, -0.15) is 0 Å². The second-order valence-electron chi connectivity index (χ2n) is 3.38. The van der Waals surface area contributed by atoms with Crippen molar-refractivity contribution >= 4 is 31.2 Å². The van der Waals surface area contributed by atoms with Crippen LogP contribution in [0.15, 0.2) is 48.7 Å². The van der Waals surface area contributed by atoms with Gasteiger partial charge in [0.1, 0.15) is 0 Å². The van der Waals surface area contributed by atoms with E-state index in [2.05, 4.69) is 35.3 Å². The van der Waals surface area contributed by atoms with Gasteiger partial charge in [0.25, 0.3) is 0 Å². The summed E-state index contributed by atoms with van der Waals surface area (Å²) < 4.78 is 1.17. The van der Waals surface area contributed by atoms with E-state index in [1.807, 2.05) is 18.3 Å². The van der Waals surface area contributed by atoms with Crippen LogP contribution in [0.5, 0.6) is 0 Å². The topological polar surface area (TPSA) is 12.9 Å². The van der Waals surface area contributed by atoms with Gasteiger partial charge in [0.05, 0.1) is 0 Å². The monoisotopic (exact) mass is 297 g/mol. The summed E-state index contributed by atoms with van der Waals surface area (Å²) in [5.41, 5.74) is 2.54. The summed E-state index contributed by atoms with van der Waals surface area (Å²) in [5, 5.41) is 1.08. The van der Waals surface area contributed by atoms with E-state index >= 15 is 0 Å². The zero-order valence-electron chi connectivity index (χ0n) is 8.77. The van der Waals surface area contributed by atoms with Crippen molar-refractivity contribution in [1.29, 1.82) is 0 Å². The predicted molar refractivity (Wildman–Crippen MR) is 69.3 cm³/mol. The summed E-state index contributed by atoms with van der Waals surface area (Å²) in [6.45, 7) is 0. The summed E-state index contributed by atoms with van der Waals surface area (Å²) >= 11 is 6.25. The molecule has 1 nitrogen and oxygen atoms in total. The first-order chi connectivity index (χ1) is 7.90. The van der Waals surface area contributed by atoms with Crippen molar-refractivity contribution in [3.05, 3.63) is 59.8 Å². The zero-order chi connectivity index (χ0) is 11.2. The molecule has 2 aromatic rings. The van der Waals surface area contributed by atoms with Gasteiger partial charge in [0.15, 0.2) is 0 Å². The van der Waals surface area contributed by atoms with Crippen molar-refractivity contribution in [3.8, 4) is 0 Å². The van der Waals surface area contributed by atoms with Crippen molar-refractivity contribution in [3.63, 3.8) is 0 Å². The minimum atomic E-state index is 0.368. The standard InChI is InChI=1S/C13H12ClNSe/c14-9-12-7-4-8-15-13(12)16-10-11-5-2-1-3-6-11/h1-8H,9-10H2. The Morgan fingerprint density at radius 2 is 1.88 bits per heavy atom. The average Bonchev–Trinajstić information content (AvgIpc) is 2.38. The Kier molecular flexibility index (Phi) is 4.41. The summed E-state index contributed by atoms with van der Waals surface area (Å²) in [4.78, 5) is 4.41. The molecule has 1 aromatic carbocycles. The van der Waals surface area contributed by atoms with E-state index < -0.39 is 0 Å². The molecule has 82 valence electrons. The van der Waals surface area contributed by atoms with Gasteiger partial charge >= 0.3 is 107 Å². The van der Waals surface area contributed by atoms with E-state index in [-0.39, 0.29) is 0 Å². The number of hydrogen-bond donors (Lipinski definition) is 0. The van der Waals surface area contributed by atoms with Crippen LogP contribution in [-0.2, 0) is 11.2 Å². The molecule has 0 aliphatic rings. The van der Waals surface area contributed by atoms with Crippen LogP contribution in [0, 0.1) is 0 Å². The molecule has 1 heterocycles. The first-order valence-electron chi connectivity index (χ1n) is 5.06. The van der Waals surface area contributed by atoms with Gasteiger partial charge in [-0.3, -0.25) is 0 Å². The van der Waals surface area contributed by atoms with E-state index in [4.69, 9.17) is 11.6 Å². The number of rotatable bonds is 4. The van der Waals surface area contributed by atoms with Crippen molar-refractivity contribution in [2.45, 2.75) is 11.2 Å². The molecule has 0 fully saturated rings. The van der Waals surface area contributed by atoms with Gasteiger partial charge < -0.3 is 0 Å². The molecule has 0 spiro atoms. The molecule has 3 heteroatoms.